The van der Waals surface area contributed by atoms with E-state index < -0.39 is 0 Å². The molecule has 0 aliphatic carbocycles. The number of carbonyl (C=O) groups is 1. The van der Waals surface area contributed by atoms with Crippen LogP contribution < -0.4 is 34.3 Å². The summed E-state index contributed by atoms with van der Waals surface area (Å²) < 4.78 is 26.4. The smallest absolute Gasteiger partial charge is 0.243 e. The molecule has 0 spiro atoms. The van der Waals surface area contributed by atoms with Crippen molar-refractivity contribution in [3.05, 3.63) is 30.3 Å². The van der Waals surface area contributed by atoms with Crippen LogP contribution in [-0.4, -0.2) is 40.6 Å². The number of rotatable bonds is 7. The van der Waals surface area contributed by atoms with Crippen LogP contribution in [0.3, 0.4) is 0 Å². The summed E-state index contributed by atoms with van der Waals surface area (Å²) in [5, 5.41) is 5.83. The van der Waals surface area contributed by atoms with Crippen LogP contribution in [0.15, 0.2) is 30.3 Å². The molecule has 1 aliphatic heterocycles. The van der Waals surface area contributed by atoms with E-state index in [1.165, 1.54) is 21.3 Å². The van der Waals surface area contributed by atoms with Gasteiger partial charge in [-0.05, 0) is 12.1 Å². The average Bonchev–Trinajstić information content (AvgIpc) is 3.13. The molecule has 0 saturated carbocycles. The average molecular weight is 360 g/mol. The van der Waals surface area contributed by atoms with E-state index in [1.54, 1.807) is 24.3 Å². The molecular formula is C18H20N2O6. The standard InChI is InChI=1S/C18H20N2O6/c1-22-15-7-12(8-16(23-2)18(15)24-3)20-17(21)9-19-11-4-5-13-14(6-11)26-10-25-13/h4-8,19H,9-10H2,1-3H3,(H,20,21). The van der Waals surface area contributed by atoms with Crippen molar-refractivity contribution in [1.29, 1.82) is 0 Å². The summed E-state index contributed by atoms with van der Waals surface area (Å²) in [7, 11) is 4.56. The van der Waals surface area contributed by atoms with Gasteiger partial charge < -0.3 is 34.3 Å². The first-order valence-electron chi connectivity index (χ1n) is 7.88. The van der Waals surface area contributed by atoms with Crippen LogP contribution in [0.4, 0.5) is 11.4 Å². The van der Waals surface area contributed by atoms with E-state index in [9.17, 15) is 4.79 Å². The van der Waals surface area contributed by atoms with Gasteiger partial charge in [-0.2, -0.15) is 0 Å². The molecule has 2 N–H and O–H groups in total. The molecule has 8 nitrogen and oxygen atoms in total. The SMILES string of the molecule is COc1cc(NC(=O)CNc2ccc3c(c2)OCO3)cc(OC)c1OC. The van der Waals surface area contributed by atoms with Crippen molar-refractivity contribution >= 4 is 17.3 Å². The van der Waals surface area contributed by atoms with Crippen LogP contribution in [0.2, 0.25) is 0 Å². The molecule has 2 aromatic rings. The van der Waals surface area contributed by atoms with Gasteiger partial charge in [-0.15, -0.1) is 0 Å². The molecule has 0 fully saturated rings. The maximum atomic E-state index is 12.2. The fraction of sp³-hybridized carbons (Fsp3) is 0.278. The molecule has 0 atom stereocenters. The number of carbonyl (C=O) groups excluding carboxylic acids is 1. The van der Waals surface area contributed by atoms with Crippen LogP contribution in [-0.2, 0) is 4.79 Å². The topological polar surface area (TPSA) is 87.3 Å². The third-order valence-corrected chi connectivity index (χ3v) is 3.77. The summed E-state index contributed by atoms with van der Waals surface area (Å²) in [4.78, 5) is 12.2. The lowest BCUT2D eigenvalue weighted by Gasteiger charge is -2.15. The van der Waals surface area contributed by atoms with E-state index in [0.29, 0.717) is 34.4 Å². The highest BCUT2D eigenvalue weighted by Crippen LogP contribution is 2.40. The highest BCUT2D eigenvalue weighted by molar-refractivity contribution is 5.94. The molecule has 138 valence electrons. The van der Waals surface area contributed by atoms with Gasteiger partial charge in [-0.25, -0.2) is 0 Å². The largest absolute Gasteiger partial charge is 0.493 e. The van der Waals surface area contributed by atoms with E-state index >= 15 is 0 Å². The van der Waals surface area contributed by atoms with Gasteiger partial charge in [0.2, 0.25) is 18.4 Å². The number of methoxy groups -OCH3 is 3. The second kappa shape index (κ2) is 7.73. The molecule has 0 unspecified atom stereocenters. The number of anilines is 2. The first-order valence-corrected chi connectivity index (χ1v) is 7.88. The molecular weight excluding hydrogens is 340 g/mol. The Labute approximate surface area is 151 Å². The van der Waals surface area contributed by atoms with E-state index in [-0.39, 0.29) is 19.2 Å². The van der Waals surface area contributed by atoms with E-state index in [2.05, 4.69) is 10.6 Å². The van der Waals surface area contributed by atoms with Gasteiger partial charge in [-0.1, -0.05) is 0 Å². The van der Waals surface area contributed by atoms with Gasteiger partial charge in [0.1, 0.15) is 0 Å². The monoisotopic (exact) mass is 360 g/mol. The molecule has 26 heavy (non-hydrogen) atoms. The summed E-state index contributed by atoms with van der Waals surface area (Å²) in [6.07, 6.45) is 0. The maximum absolute atomic E-state index is 12.2. The third-order valence-electron chi connectivity index (χ3n) is 3.77. The van der Waals surface area contributed by atoms with Crippen molar-refractivity contribution in [3.63, 3.8) is 0 Å². The molecule has 1 heterocycles. The highest BCUT2D eigenvalue weighted by atomic mass is 16.7. The summed E-state index contributed by atoms with van der Waals surface area (Å²) in [5.41, 5.74) is 1.30. The minimum atomic E-state index is -0.225. The van der Waals surface area contributed by atoms with Crippen molar-refractivity contribution < 1.29 is 28.5 Å². The molecule has 0 radical (unpaired) electrons. The molecule has 0 bridgehead atoms. The molecule has 0 aromatic heterocycles. The zero-order valence-electron chi connectivity index (χ0n) is 14.8. The van der Waals surface area contributed by atoms with E-state index in [1.807, 2.05) is 6.07 Å². The first kappa shape index (κ1) is 17.5. The number of amides is 1. The zero-order valence-corrected chi connectivity index (χ0v) is 14.8. The number of ether oxygens (including phenoxy) is 5. The predicted octanol–water partition coefficient (Wildman–Crippen LogP) is 2.49. The lowest BCUT2D eigenvalue weighted by Crippen LogP contribution is -2.21. The second-order valence-electron chi connectivity index (χ2n) is 5.38. The number of hydrogen-bond donors (Lipinski definition) is 2. The summed E-state index contributed by atoms with van der Waals surface area (Å²) in [6.45, 7) is 0.288. The van der Waals surface area contributed by atoms with Gasteiger partial charge in [0, 0.05) is 29.6 Å². The van der Waals surface area contributed by atoms with Crippen molar-refractivity contribution in [2.45, 2.75) is 0 Å². The van der Waals surface area contributed by atoms with E-state index in [4.69, 9.17) is 23.7 Å². The van der Waals surface area contributed by atoms with Gasteiger partial charge >= 0.3 is 0 Å². The molecule has 8 heteroatoms. The van der Waals surface area contributed by atoms with Gasteiger partial charge in [0.25, 0.3) is 0 Å². The zero-order chi connectivity index (χ0) is 18.5. The molecule has 3 rings (SSSR count). The normalized spacial score (nSPS) is 11.7. The van der Waals surface area contributed by atoms with Crippen molar-refractivity contribution in [1.82, 2.24) is 0 Å². The minimum Gasteiger partial charge on any atom is -0.493 e. The van der Waals surface area contributed by atoms with Gasteiger partial charge in [0.05, 0.1) is 27.9 Å². The lowest BCUT2D eigenvalue weighted by atomic mass is 10.2. The fourth-order valence-electron chi connectivity index (χ4n) is 2.55. The Balaban J connectivity index is 1.64. The number of fused-ring (bicyclic) bond motifs is 1. The Morgan fingerprint density at radius 1 is 0.962 bits per heavy atom. The summed E-state index contributed by atoms with van der Waals surface area (Å²) in [5.74, 6) is 2.51. The Bertz CT molecular complexity index is 783. The molecule has 2 aromatic carbocycles. The summed E-state index contributed by atoms with van der Waals surface area (Å²) in [6, 6.07) is 8.73. The number of hydrogen-bond acceptors (Lipinski definition) is 7. The van der Waals surface area contributed by atoms with Crippen molar-refractivity contribution in [2.75, 3.05) is 45.3 Å². The second-order valence-corrected chi connectivity index (χ2v) is 5.38. The van der Waals surface area contributed by atoms with Crippen LogP contribution in [0.5, 0.6) is 28.7 Å². The quantitative estimate of drug-likeness (QED) is 0.784. The Kier molecular flexibility index (Phi) is 5.21. The number of benzene rings is 2. The first-order chi connectivity index (χ1) is 12.6. The predicted molar refractivity (Wildman–Crippen MR) is 95.8 cm³/mol. The maximum Gasteiger partial charge on any atom is 0.243 e. The Morgan fingerprint density at radius 3 is 2.31 bits per heavy atom. The lowest BCUT2D eigenvalue weighted by molar-refractivity contribution is -0.114. The Hall–Kier alpha value is -3.29. The van der Waals surface area contributed by atoms with Crippen LogP contribution >= 0.6 is 0 Å². The number of nitrogens with one attached hydrogen (secondary N) is 2. The molecule has 1 aliphatic rings. The van der Waals surface area contributed by atoms with E-state index in [0.717, 1.165) is 5.69 Å². The third kappa shape index (κ3) is 3.69. The highest BCUT2D eigenvalue weighted by Gasteiger charge is 2.15. The molecule has 0 saturated heterocycles. The van der Waals surface area contributed by atoms with Crippen LogP contribution in [0.25, 0.3) is 0 Å². The van der Waals surface area contributed by atoms with Crippen LogP contribution in [0, 0.1) is 0 Å². The van der Waals surface area contributed by atoms with Gasteiger partial charge in [-0.3, -0.25) is 4.79 Å². The minimum absolute atomic E-state index is 0.0797. The van der Waals surface area contributed by atoms with Crippen LogP contribution in [0.1, 0.15) is 0 Å². The van der Waals surface area contributed by atoms with Crippen molar-refractivity contribution in [2.24, 2.45) is 0 Å². The fourth-order valence-corrected chi connectivity index (χ4v) is 2.55. The van der Waals surface area contributed by atoms with Gasteiger partial charge in [0.15, 0.2) is 23.0 Å². The molecule has 1 amide bonds. The Morgan fingerprint density at radius 2 is 1.65 bits per heavy atom. The summed E-state index contributed by atoms with van der Waals surface area (Å²) >= 11 is 0. The van der Waals surface area contributed by atoms with Crippen molar-refractivity contribution in [3.8, 4) is 28.7 Å².